The zero-order valence-corrected chi connectivity index (χ0v) is 27.2. The van der Waals surface area contributed by atoms with Crippen molar-refractivity contribution in [1.82, 2.24) is 4.90 Å². The van der Waals surface area contributed by atoms with Crippen LogP contribution < -0.4 is 9.80 Å². The minimum Gasteiger partial charge on any atom is -0.395 e. The monoisotopic (exact) mass is 651 g/mol. The molecule has 0 unspecified atom stereocenters. The Balaban J connectivity index is 1.10. The highest BCUT2D eigenvalue weighted by Crippen LogP contribution is 2.46. The topological polar surface area (TPSA) is 101 Å². The zero-order chi connectivity index (χ0) is 34.1. The first-order chi connectivity index (χ1) is 23.8. The fourth-order valence-corrected chi connectivity index (χ4v) is 7.06. The molecular weight excluding hydrogens is 614 g/mol. The number of amides is 3. The molecule has 49 heavy (non-hydrogen) atoms. The number of hydrogen-bond donors (Lipinski definition) is 2. The van der Waals surface area contributed by atoms with Gasteiger partial charge in [0.1, 0.15) is 0 Å². The number of carbonyl (C=O) groups excluding carboxylic acids is 3. The van der Waals surface area contributed by atoms with Crippen LogP contribution in [0.2, 0.25) is 0 Å². The smallest absolute Gasteiger partial charge is 0.264 e. The number of nitrogens with zero attached hydrogens (tertiary/aromatic N) is 3. The molecule has 0 saturated carbocycles. The summed E-state index contributed by atoms with van der Waals surface area (Å²) >= 11 is 0. The lowest BCUT2D eigenvalue weighted by Crippen LogP contribution is -2.44. The van der Waals surface area contributed by atoms with Crippen molar-refractivity contribution in [2.45, 2.75) is 32.0 Å². The van der Waals surface area contributed by atoms with Gasteiger partial charge >= 0.3 is 0 Å². The van der Waals surface area contributed by atoms with Crippen LogP contribution in [-0.4, -0.2) is 46.0 Å². The Morgan fingerprint density at radius 3 is 2.35 bits per heavy atom. The van der Waals surface area contributed by atoms with Gasteiger partial charge in [-0.2, -0.15) is 0 Å². The summed E-state index contributed by atoms with van der Waals surface area (Å²) in [6, 6.07) is 36.0. The van der Waals surface area contributed by atoms with Gasteiger partial charge in [-0.25, -0.2) is 0 Å². The van der Waals surface area contributed by atoms with Crippen molar-refractivity contribution in [3.63, 3.8) is 0 Å². The second-order valence-electron chi connectivity index (χ2n) is 12.6. The number of fused-ring (bicyclic) bond motifs is 1. The maximum atomic E-state index is 14.2. The molecule has 5 aromatic rings. The summed E-state index contributed by atoms with van der Waals surface area (Å²) < 4.78 is 0. The SMILES string of the molecule is C[C@@H](/C=C/CC(=O)N(CCO)Cc1ccccc1)[C@]1(O)C(=O)N(Cc2cccc(N3C(=O)c4cccc5cccc3c45)c2)c2ccccc21. The molecule has 8 heteroatoms. The summed E-state index contributed by atoms with van der Waals surface area (Å²) in [4.78, 5) is 45.7. The van der Waals surface area contributed by atoms with Gasteiger partial charge in [-0.15, -0.1) is 0 Å². The molecule has 2 aliphatic rings. The van der Waals surface area contributed by atoms with Crippen molar-refractivity contribution >= 4 is 45.6 Å². The van der Waals surface area contributed by atoms with E-state index < -0.39 is 17.4 Å². The fraction of sp³-hybridized carbons (Fsp3) is 0.195. The van der Waals surface area contributed by atoms with E-state index in [0.717, 1.165) is 27.6 Å². The van der Waals surface area contributed by atoms with Gasteiger partial charge in [-0.05, 0) is 46.8 Å². The molecule has 3 amide bonds. The number of aliphatic hydroxyl groups excluding tert-OH is 1. The van der Waals surface area contributed by atoms with E-state index in [-0.39, 0.29) is 37.9 Å². The Morgan fingerprint density at radius 1 is 0.857 bits per heavy atom. The van der Waals surface area contributed by atoms with E-state index in [2.05, 4.69) is 0 Å². The van der Waals surface area contributed by atoms with Crippen LogP contribution in [-0.2, 0) is 28.3 Å². The Morgan fingerprint density at radius 2 is 1.55 bits per heavy atom. The van der Waals surface area contributed by atoms with Crippen molar-refractivity contribution < 1.29 is 24.6 Å². The summed E-state index contributed by atoms with van der Waals surface area (Å²) in [5.41, 5.74) is 3.22. The Kier molecular flexibility index (Phi) is 8.59. The molecule has 2 aliphatic heterocycles. The molecule has 5 aromatic carbocycles. The summed E-state index contributed by atoms with van der Waals surface area (Å²) in [5, 5.41) is 23.6. The van der Waals surface area contributed by atoms with E-state index in [1.807, 2.05) is 103 Å². The van der Waals surface area contributed by atoms with Crippen LogP contribution in [0.3, 0.4) is 0 Å². The molecule has 7 rings (SSSR count). The maximum absolute atomic E-state index is 14.2. The first-order valence-electron chi connectivity index (χ1n) is 16.5. The third kappa shape index (κ3) is 5.69. The normalized spacial score (nSPS) is 17.3. The minimum absolute atomic E-state index is 0.0619. The van der Waals surface area contributed by atoms with Gasteiger partial charge in [-0.1, -0.05) is 104 Å². The quantitative estimate of drug-likeness (QED) is 0.160. The Labute approximate surface area is 285 Å². The fourth-order valence-electron chi connectivity index (χ4n) is 7.06. The van der Waals surface area contributed by atoms with Gasteiger partial charge in [0.25, 0.3) is 11.8 Å². The van der Waals surface area contributed by atoms with Crippen molar-refractivity contribution in [2.75, 3.05) is 23.0 Å². The van der Waals surface area contributed by atoms with E-state index in [0.29, 0.717) is 29.0 Å². The number of anilines is 3. The molecule has 0 bridgehead atoms. The summed E-state index contributed by atoms with van der Waals surface area (Å²) in [6.07, 6.45) is 3.47. The van der Waals surface area contributed by atoms with Gasteiger partial charge in [0.2, 0.25) is 5.91 Å². The highest BCUT2D eigenvalue weighted by Gasteiger charge is 2.52. The lowest BCUT2D eigenvalue weighted by Gasteiger charge is -2.28. The second-order valence-corrected chi connectivity index (χ2v) is 12.6. The Bertz CT molecular complexity index is 2090. The van der Waals surface area contributed by atoms with Gasteiger partial charge in [0, 0.05) is 42.1 Å². The average molecular weight is 652 g/mol. The predicted octanol–water partition coefficient (Wildman–Crippen LogP) is 6.47. The largest absolute Gasteiger partial charge is 0.395 e. The maximum Gasteiger partial charge on any atom is 0.264 e. The number of hydrogen-bond acceptors (Lipinski definition) is 5. The van der Waals surface area contributed by atoms with Crippen LogP contribution in [0.4, 0.5) is 17.1 Å². The molecule has 0 fully saturated rings. The van der Waals surface area contributed by atoms with E-state index in [4.69, 9.17) is 0 Å². The predicted molar refractivity (Wildman–Crippen MR) is 190 cm³/mol. The summed E-state index contributed by atoms with van der Waals surface area (Å²) in [6.45, 7) is 2.39. The highest BCUT2D eigenvalue weighted by molar-refractivity contribution is 6.27. The molecule has 2 heterocycles. The highest BCUT2D eigenvalue weighted by atomic mass is 16.3. The summed E-state index contributed by atoms with van der Waals surface area (Å²) in [7, 11) is 0. The van der Waals surface area contributed by atoms with Crippen molar-refractivity contribution in [3.8, 4) is 0 Å². The van der Waals surface area contributed by atoms with E-state index >= 15 is 0 Å². The van der Waals surface area contributed by atoms with Gasteiger partial charge in [-0.3, -0.25) is 19.3 Å². The molecular formula is C41H37N3O5. The first-order valence-corrected chi connectivity index (χ1v) is 16.5. The molecule has 0 saturated heterocycles. The molecule has 2 N–H and O–H groups in total. The van der Waals surface area contributed by atoms with Crippen LogP contribution in [0.15, 0.2) is 127 Å². The van der Waals surface area contributed by atoms with Crippen LogP contribution >= 0.6 is 0 Å². The number of carbonyl (C=O) groups is 3. The van der Waals surface area contributed by atoms with E-state index in [1.54, 1.807) is 45.9 Å². The minimum atomic E-state index is -1.84. The molecule has 0 aromatic heterocycles. The van der Waals surface area contributed by atoms with Crippen molar-refractivity contribution in [2.24, 2.45) is 5.92 Å². The molecule has 0 radical (unpaired) electrons. The molecule has 0 spiro atoms. The lowest BCUT2D eigenvalue weighted by atomic mass is 9.83. The third-order valence-corrected chi connectivity index (χ3v) is 9.56. The summed E-state index contributed by atoms with van der Waals surface area (Å²) in [5.74, 6) is -1.36. The molecule has 8 nitrogen and oxygen atoms in total. The average Bonchev–Trinajstić information content (AvgIpc) is 3.53. The first kappa shape index (κ1) is 32.0. The van der Waals surface area contributed by atoms with E-state index in [9.17, 15) is 24.6 Å². The number of aliphatic hydroxyl groups is 2. The van der Waals surface area contributed by atoms with Crippen LogP contribution in [0.25, 0.3) is 10.8 Å². The zero-order valence-electron chi connectivity index (χ0n) is 27.2. The Hall–Kier alpha value is -5.57. The molecule has 246 valence electrons. The van der Waals surface area contributed by atoms with Crippen LogP contribution in [0.1, 0.15) is 40.4 Å². The molecule has 2 atom stereocenters. The number of benzene rings is 5. The molecule has 0 aliphatic carbocycles. The number of rotatable bonds is 11. The second kappa shape index (κ2) is 13.1. The standard InChI is InChI=1S/C41H37N3O5/c1-28(11-7-22-37(46)42(23-24-45)26-29-12-3-2-4-13-29)41(49)34-19-5-6-20-35(34)43(40(41)48)27-30-14-8-17-32(25-30)44-36-21-10-16-31-15-9-18-33(38(31)36)39(44)47/h2-21,25,28,45,49H,22-24,26-27H2,1H3/b11-7+/t28-,41+/m0/s1. The van der Waals surface area contributed by atoms with Gasteiger partial charge < -0.3 is 20.0 Å². The van der Waals surface area contributed by atoms with E-state index in [1.165, 1.54) is 0 Å². The van der Waals surface area contributed by atoms with Crippen molar-refractivity contribution in [1.29, 1.82) is 0 Å². The van der Waals surface area contributed by atoms with Gasteiger partial charge in [0.05, 0.1) is 30.1 Å². The van der Waals surface area contributed by atoms with Crippen molar-refractivity contribution in [3.05, 3.63) is 150 Å². The lowest BCUT2D eigenvalue weighted by molar-refractivity contribution is -0.139. The van der Waals surface area contributed by atoms with Crippen LogP contribution in [0, 0.1) is 5.92 Å². The van der Waals surface area contributed by atoms with Crippen LogP contribution in [0.5, 0.6) is 0 Å². The number of para-hydroxylation sites is 1. The third-order valence-electron chi connectivity index (χ3n) is 9.56. The van der Waals surface area contributed by atoms with Gasteiger partial charge in [0.15, 0.2) is 5.60 Å².